The summed E-state index contributed by atoms with van der Waals surface area (Å²) >= 11 is 0. The highest BCUT2D eigenvalue weighted by atomic mass is 16.1. The Hall–Kier alpha value is -3.02. The number of aromatic nitrogens is 4. The summed E-state index contributed by atoms with van der Waals surface area (Å²) in [7, 11) is 0. The van der Waals surface area contributed by atoms with Gasteiger partial charge in [0, 0.05) is 24.5 Å². The Morgan fingerprint density at radius 3 is 2.48 bits per heavy atom. The molecule has 1 aliphatic rings. The zero-order valence-corrected chi connectivity index (χ0v) is 15.9. The average Bonchev–Trinajstić information content (AvgIpc) is 3.00. The summed E-state index contributed by atoms with van der Waals surface area (Å²) in [5.41, 5.74) is 3.59. The van der Waals surface area contributed by atoms with Gasteiger partial charge in [-0.1, -0.05) is 32.9 Å². The minimum Gasteiger partial charge on any atom is -0.338 e. The van der Waals surface area contributed by atoms with Crippen LogP contribution in [0.1, 0.15) is 48.8 Å². The molecule has 27 heavy (non-hydrogen) atoms. The highest BCUT2D eigenvalue weighted by Crippen LogP contribution is 2.39. The van der Waals surface area contributed by atoms with Gasteiger partial charge in [-0.3, -0.25) is 4.79 Å². The smallest absolute Gasteiger partial charge is 0.250 e. The predicted octanol–water partition coefficient (Wildman–Crippen LogP) is 4.12. The zero-order valence-electron chi connectivity index (χ0n) is 15.9. The first kappa shape index (κ1) is 17.4. The second kappa shape index (κ2) is 6.61. The van der Waals surface area contributed by atoms with Crippen molar-refractivity contribution in [3.63, 3.8) is 0 Å². The summed E-state index contributed by atoms with van der Waals surface area (Å²) in [5, 5.41) is 8.00. The van der Waals surface area contributed by atoms with E-state index in [4.69, 9.17) is 0 Å². The molecule has 2 aromatic heterocycles. The summed E-state index contributed by atoms with van der Waals surface area (Å²) in [6, 6.07) is 9.96. The van der Waals surface area contributed by atoms with Crippen LogP contribution in [0.2, 0.25) is 0 Å². The van der Waals surface area contributed by atoms with E-state index in [1.165, 1.54) is 5.56 Å². The minimum absolute atomic E-state index is 0.108. The van der Waals surface area contributed by atoms with E-state index >= 15 is 0 Å². The summed E-state index contributed by atoms with van der Waals surface area (Å²) in [5.74, 6) is 1.16. The molecule has 0 saturated heterocycles. The Labute approximate surface area is 158 Å². The summed E-state index contributed by atoms with van der Waals surface area (Å²) < 4.78 is 1.71. The van der Waals surface area contributed by atoms with E-state index in [0.29, 0.717) is 23.8 Å². The Morgan fingerprint density at radius 1 is 1.11 bits per heavy atom. The molecule has 0 atom stereocenters. The maximum Gasteiger partial charge on any atom is 0.250 e. The fourth-order valence-corrected chi connectivity index (χ4v) is 3.56. The second-order valence-corrected chi connectivity index (χ2v) is 7.75. The molecule has 0 aliphatic heterocycles. The van der Waals surface area contributed by atoms with Gasteiger partial charge in [-0.25, -0.2) is 14.6 Å². The van der Waals surface area contributed by atoms with Crippen LogP contribution in [-0.2, 0) is 12.8 Å². The van der Waals surface area contributed by atoms with E-state index in [-0.39, 0.29) is 11.2 Å². The number of nitrogens with one attached hydrogen (secondary N) is 1. The number of benzene rings is 1. The van der Waals surface area contributed by atoms with Crippen LogP contribution in [0.4, 0.5) is 11.5 Å². The van der Waals surface area contributed by atoms with Gasteiger partial charge in [-0.05, 0) is 42.0 Å². The minimum atomic E-state index is -0.114. The number of carbonyl (C=O) groups excluding carboxylic acids is 1. The predicted molar refractivity (Wildman–Crippen MR) is 105 cm³/mol. The Kier molecular flexibility index (Phi) is 4.26. The Morgan fingerprint density at radius 2 is 1.81 bits per heavy atom. The molecular formula is C21H23N5O. The Bertz CT molecular complexity index is 974. The lowest BCUT2D eigenvalue weighted by molar-refractivity contribution is 0.0911. The van der Waals surface area contributed by atoms with Crippen LogP contribution >= 0.6 is 0 Å². The van der Waals surface area contributed by atoms with Crippen molar-refractivity contribution >= 4 is 17.3 Å². The molecule has 6 heteroatoms. The fraction of sp³-hybridized carbons (Fsp3) is 0.333. The molecule has 3 aromatic rings. The second-order valence-electron chi connectivity index (χ2n) is 7.75. The number of rotatable bonds is 4. The van der Waals surface area contributed by atoms with Crippen LogP contribution in [0.3, 0.4) is 0 Å². The maximum absolute atomic E-state index is 12.9. The number of nitrogens with zero attached hydrogens (tertiary/aromatic N) is 4. The van der Waals surface area contributed by atoms with Crippen molar-refractivity contribution < 1.29 is 4.79 Å². The molecule has 0 bridgehead atoms. The van der Waals surface area contributed by atoms with Crippen LogP contribution in [0.15, 0.2) is 42.7 Å². The number of aryl methyl sites for hydroxylation is 1. The molecule has 0 spiro atoms. The molecule has 0 fully saturated rings. The Balaban J connectivity index is 1.80. The summed E-state index contributed by atoms with van der Waals surface area (Å²) in [6.07, 6.45) is 5.61. The lowest BCUT2D eigenvalue weighted by Crippen LogP contribution is -2.28. The van der Waals surface area contributed by atoms with Crippen molar-refractivity contribution in [1.82, 2.24) is 19.7 Å². The van der Waals surface area contributed by atoms with Crippen molar-refractivity contribution in [3.05, 3.63) is 59.5 Å². The molecule has 138 valence electrons. The standard InChI is InChI=1S/C21H23N5O/c1-4-14-6-8-15(9-7-14)24-19-18-16(12-21(2,3)13-17(18)27)26(25-19)20-22-10-5-11-23-20/h5-11H,4,12-13H2,1-3H3,(H,24,25). The van der Waals surface area contributed by atoms with Gasteiger partial charge in [0.05, 0.1) is 11.3 Å². The van der Waals surface area contributed by atoms with Crippen molar-refractivity contribution in [1.29, 1.82) is 0 Å². The van der Waals surface area contributed by atoms with E-state index in [1.807, 2.05) is 12.1 Å². The van der Waals surface area contributed by atoms with Crippen LogP contribution in [0.5, 0.6) is 0 Å². The monoisotopic (exact) mass is 361 g/mol. The molecule has 1 N–H and O–H groups in total. The third-order valence-electron chi connectivity index (χ3n) is 4.91. The molecule has 0 unspecified atom stereocenters. The number of hydrogen-bond acceptors (Lipinski definition) is 5. The molecule has 0 amide bonds. The fourth-order valence-electron chi connectivity index (χ4n) is 3.56. The third-order valence-corrected chi connectivity index (χ3v) is 4.91. The maximum atomic E-state index is 12.9. The van der Waals surface area contributed by atoms with Crippen LogP contribution in [-0.4, -0.2) is 25.5 Å². The number of fused-ring (bicyclic) bond motifs is 1. The largest absolute Gasteiger partial charge is 0.338 e. The molecular weight excluding hydrogens is 338 g/mol. The van der Waals surface area contributed by atoms with Gasteiger partial charge in [-0.15, -0.1) is 5.10 Å². The van der Waals surface area contributed by atoms with Crippen LogP contribution in [0, 0.1) is 5.41 Å². The average molecular weight is 361 g/mol. The quantitative estimate of drug-likeness (QED) is 0.757. The van der Waals surface area contributed by atoms with Crippen LogP contribution < -0.4 is 5.32 Å². The molecule has 1 aromatic carbocycles. The topological polar surface area (TPSA) is 72.7 Å². The molecule has 0 radical (unpaired) electrons. The molecule has 6 nitrogen and oxygen atoms in total. The van der Waals surface area contributed by atoms with E-state index < -0.39 is 0 Å². The lowest BCUT2D eigenvalue weighted by atomic mass is 9.76. The SMILES string of the molecule is CCc1ccc(Nc2nn(-c3ncccn3)c3c2C(=O)CC(C)(C)C3)cc1. The van der Waals surface area contributed by atoms with Gasteiger partial charge >= 0.3 is 0 Å². The number of carbonyl (C=O) groups is 1. The first-order chi connectivity index (χ1) is 13.0. The molecule has 4 rings (SSSR count). The van der Waals surface area contributed by atoms with Gasteiger partial charge < -0.3 is 5.32 Å². The van der Waals surface area contributed by atoms with E-state index in [2.05, 4.69) is 53.3 Å². The highest BCUT2D eigenvalue weighted by Gasteiger charge is 2.37. The van der Waals surface area contributed by atoms with Gasteiger partial charge in [0.25, 0.3) is 5.95 Å². The third kappa shape index (κ3) is 3.35. The van der Waals surface area contributed by atoms with Crippen molar-refractivity contribution in [3.8, 4) is 5.95 Å². The van der Waals surface area contributed by atoms with Gasteiger partial charge in [0.2, 0.25) is 0 Å². The van der Waals surface area contributed by atoms with Crippen molar-refractivity contribution in [2.45, 2.75) is 40.0 Å². The first-order valence-electron chi connectivity index (χ1n) is 9.25. The van der Waals surface area contributed by atoms with E-state index in [1.54, 1.807) is 23.1 Å². The van der Waals surface area contributed by atoms with Gasteiger partial charge in [0.15, 0.2) is 11.6 Å². The van der Waals surface area contributed by atoms with Crippen LogP contribution in [0.25, 0.3) is 5.95 Å². The van der Waals surface area contributed by atoms with Crippen molar-refractivity contribution in [2.24, 2.45) is 5.41 Å². The normalized spacial score (nSPS) is 15.4. The summed E-state index contributed by atoms with van der Waals surface area (Å²) in [6.45, 7) is 6.34. The van der Waals surface area contributed by atoms with Crippen molar-refractivity contribution in [2.75, 3.05) is 5.32 Å². The molecule has 2 heterocycles. The highest BCUT2D eigenvalue weighted by molar-refractivity contribution is 6.03. The number of anilines is 2. The first-order valence-corrected chi connectivity index (χ1v) is 9.25. The number of ketones is 1. The zero-order chi connectivity index (χ0) is 19.0. The summed E-state index contributed by atoms with van der Waals surface area (Å²) in [4.78, 5) is 21.6. The number of Topliss-reactive ketones (excluding diaryl/α,β-unsaturated/α-hetero) is 1. The lowest BCUT2D eigenvalue weighted by Gasteiger charge is -2.28. The molecule has 0 saturated carbocycles. The van der Waals surface area contributed by atoms with Gasteiger partial charge in [-0.2, -0.15) is 0 Å². The van der Waals surface area contributed by atoms with E-state index in [9.17, 15) is 4.79 Å². The van der Waals surface area contributed by atoms with Gasteiger partial charge in [0.1, 0.15) is 0 Å². The molecule has 1 aliphatic carbocycles. The van der Waals surface area contributed by atoms with E-state index in [0.717, 1.165) is 24.2 Å². The number of hydrogen-bond donors (Lipinski definition) is 1.